The van der Waals surface area contributed by atoms with E-state index in [1.54, 1.807) is 0 Å². The largest absolute Gasteiger partial charge is 0.303 e. The number of likely N-dealkylation sites (tertiary alicyclic amines) is 1. The Kier molecular flexibility index (Phi) is 6.30. The lowest BCUT2D eigenvalue weighted by Crippen LogP contribution is -2.43. The standard InChI is InChI=1S/C19H28F2N2O2S/c1-15-3-2-6-22(12-15)13-16-4-7-23(8-5-16)26(24,25)14-17-9-18(20)11-19(21)10-17/h9-11,15-16H,2-8,12-14H2,1H3/t15-/m1/s1. The molecule has 2 aliphatic heterocycles. The molecule has 2 fully saturated rings. The second-order valence-electron chi connectivity index (χ2n) is 7.88. The van der Waals surface area contributed by atoms with Crippen molar-refractivity contribution in [2.24, 2.45) is 11.8 Å². The van der Waals surface area contributed by atoms with Gasteiger partial charge in [0.25, 0.3) is 0 Å². The molecule has 7 heteroatoms. The molecule has 0 unspecified atom stereocenters. The molecule has 0 bridgehead atoms. The summed E-state index contributed by atoms with van der Waals surface area (Å²) in [5, 5.41) is 0. The summed E-state index contributed by atoms with van der Waals surface area (Å²) in [4.78, 5) is 2.51. The molecule has 0 radical (unpaired) electrons. The van der Waals surface area contributed by atoms with Crippen molar-refractivity contribution >= 4 is 10.0 Å². The molecule has 0 amide bonds. The molecular formula is C19H28F2N2O2S. The summed E-state index contributed by atoms with van der Waals surface area (Å²) >= 11 is 0. The fourth-order valence-electron chi connectivity index (χ4n) is 4.18. The zero-order valence-electron chi connectivity index (χ0n) is 15.3. The average molecular weight is 387 g/mol. The summed E-state index contributed by atoms with van der Waals surface area (Å²) in [6.45, 7) is 6.62. The lowest BCUT2D eigenvalue weighted by atomic mass is 9.94. The summed E-state index contributed by atoms with van der Waals surface area (Å²) in [7, 11) is -3.55. The van der Waals surface area contributed by atoms with E-state index in [1.807, 2.05) is 0 Å². The van der Waals surface area contributed by atoms with E-state index in [0.717, 1.165) is 56.6 Å². The average Bonchev–Trinajstić information content (AvgIpc) is 2.54. The van der Waals surface area contributed by atoms with E-state index in [0.29, 0.717) is 19.0 Å². The van der Waals surface area contributed by atoms with E-state index in [9.17, 15) is 17.2 Å². The highest BCUT2D eigenvalue weighted by Gasteiger charge is 2.29. The van der Waals surface area contributed by atoms with Crippen LogP contribution in [-0.4, -0.2) is 50.3 Å². The molecule has 0 N–H and O–H groups in total. The van der Waals surface area contributed by atoms with Crippen molar-refractivity contribution in [3.05, 3.63) is 35.4 Å². The number of hydrogen-bond acceptors (Lipinski definition) is 3. The van der Waals surface area contributed by atoms with Gasteiger partial charge in [-0.25, -0.2) is 21.5 Å². The molecule has 2 heterocycles. The van der Waals surface area contributed by atoms with Crippen LogP contribution in [0.1, 0.15) is 38.2 Å². The SMILES string of the molecule is C[C@@H]1CCCN(CC2CCN(S(=O)(=O)Cc3cc(F)cc(F)c3)CC2)C1. The highest BCUT2D eigenvalue weighted by atomic mass is 32.2. The maximum absolute atomic E-state index is 13.3. The lowest BCUT2D eigenvalue weighted by Gasteiger charge is -2.37. The second-order valence-corrected chi connectivity index (χ2v) is 9.85. The van der Waals surface area contributed by atoms with Crippen LogP contribution in [0.3, 0.4) is 0 Å². The van der Waals surface area contributed by atoms with Crippen molar-refractivity contribution < 1.29 is 17.2 Å². The predicted octanol–water partition coefficient (Wildman–Crippen LogP) is 3.24. The Morgan fingerprint density at radius 2 is 1.69 bits per heavy atom. The molecule has 1 aromatic rings. The van der Waals surface area contributed by atoms with Gasteiger partial charge in [-0.1, -0.05) is 6.92 Å². The summed E-state index contributed by atoms with van der Waals surface area (Å²) in [5.74, 6) is -0.570. The number of sulfonamides is 1. The van der Waals surface area contributed by atoms with Crippen LogP contribution in [-0.2, 0) is 15.8 Å². The highest BCUT2D eigenvalue weighted by molar-refractivity contribution is 7.88. The van der Waals surface area contributed by atoms with Gasteiger partial charge in [0, 0.05) is 32.2 Å². The number of rotatable bonds is 5. The smallest absolute Gasteiger partial charge is 0.218 e. The zero-order chi connectivity index (χ0) is 18.7. The fourth-order valence-corrected chi connectivity index (χ4v) is 5.72. The Bertz CT molecular complexity index is 698. The first-order valence-electron chi connectivity index (χ1n) is 9.47. The van der Waals surface area contributed by atoms with E-state index in [-0.39, 0.29) is 11.3 Å². The Hall–Kier alpha value is -1.05. The van der Waals surface area contributed by atoms with Crippen molar-refractivity contribution in [2.75, 3.05) is 32.7 Å². The lowest BCUT2D eigenvalue weighted by molar-refractivity contribution is 0.136. The highest BCUT2D eigenvalue weighted by Crippen LogP contribution is 2.25. The van der Waals surface area contributed by atoms with Gasteiger partial charge in [0.15, 0.2) is 0 Å². The summed E-state index contributed by atoms with van der Waals surface area (Å²) < 4.78 is 53.2. The Morgan fingerprint density at radius 3 is 2.31 bits per heavy atom. The van der Waals surface area contributed by atoms with E-state index in [2.05, 4.69) is 11.8 Å². The Balaban J connectivity index is 1.53. The van der Waals surface area contributed by atoms with Crippen LogP contribution in [0.5, 0.6) is 0 Å². The van der Waals surface area contributed by atoms with Crippen molar-refractivity contribution in [1.82, 2.24) is 9.21 Å². The number of halogens is 2. The minimum Gasteiger partial charge on any atom is -0.303 e. The van der Waals surface area contributed by atoms with E-state index in [1.165, 1.54) is 17.1 Å². The van der Waals surface area contributed by atoms with Gasteiger partial charge in [-0.05, 0) is 61.8 Å². The fraction of sp³-hybridized carbons (Fsp3) is 0.684. The number of hydrogen-bond donors (Lipinski definition) is 0. The maximum atomic E-state index is 13.3. The predicted molar refractivity (Wildman–Crippen MR) is 98.1 cm³/mol. The van der Waals surface area contributed by atoms with Crippen LogP contribution in [0, 0.1) is 23.5 Å². The van der Waals surface area contributed by atoms with Crippen LogP contribution in [0.4, 0.5) is 8.78 Å². The molecule has 0 aliphatic carbocycles. The van der Waals surface area contributed by atoms with E-state index < -0.39 is 21.7 Å². The second kappa shape index (κ2) is 8.31. The molecule has 4 nitrogen and oxygen atoms in total. The van der Waals surface area contributed by atoms with Gasteiger partial charge in [0.1, 0.15) is 11.6 Å². The third-order valence-corrected chi connectivity index (χ3v) is 7.35. The first-order valence-corrected chi connectivity index (χ1v) is 11.1. The van der Waals surface area contributed by atoms with Gasteiger partial charge in [-0.3, -0.25) is 0 Å². The van der Waals surface area contributed by atoms with Crippen molar-refractivity contribution in [2.45, 2.75) is 38.4 Å². The monoisotopic (exact) mass is 386 g/mol. The van der Waals surface area contributed by atoms with Crippen LogP contribution in [0.25, 0.3) is 0 Å². The molecule has 0 saturated carbocycles. The van der Waals surface area contributed by atoms with Crippen LogP contribution in [0.15, 0.2) is 18.2 Å². The zero-order valence-corrected chi connectivity index (χ0v) is 16.1. The minimum atomic E-state index is -3.55. The van der Waals surface area contributed by atoms with Gasteiger partial charge in [0.05, 0.1) is 5.75 Å². The van der Waals surface area contributed by atoms with Crippen LogP contribution < -0.4 is 0 Å². The molecule has 1 atom stereocenters. The molecule has 3 rings (SSSR count). The number of nitrogens with zero attached hydrogens (tertiary/aromatic N) is 2. The third-order valence-electron chi connectivity index (χ3n) is 5.50. The molecule has 2 saturated heterocycles. The molecular weight excluding hydrogens is 358 g/mol. The van der Waals surface area contributed by atoms with Crippen molar-refractivity contribution in [3.63, 3.8) is 0 Å². The molecule has 2 aliphatic rings. The first-order chi connectivity index (χ1) is 12.3. The van der Waals surface area contributed by atoms with Gasteiger partial charge >= 0.3 is 0 Å². The van der Waals surface area contributed by atoms with E-state index in [4.69, 9.17) is 0 Å². The first kappa shape index (κ1) is 19.7. The Labute approximate surface area is 155 Å². The molecule has 0 spiro atoms. The molecule has 1 aromatic carbocycles. The number of benzene rings is 1. The van der Waals surface area contributed by atoms with E-state index >= 15 is 0 Å². The summed E-state index contributed by atoms with van der Waals surface area (Å²) in [5.41, 5.74) is 0.159. The summed E-state index contributed by atoms with van der Waals surface area (Å²) in [6, 6.07) is 2.93. The van der Waals surface area contributed by atoms with Crippen LogP contribution in [0.2, 0.25) is 0 Å². The maximum Gasteiger partial charge on any atom is 0.218 e. The van der Waals surface area contributed by atoms with Crippen LogP contribution >= 0.6 is 0 Å². The summed E-state index contributed by atoms with van der Waals surface area (Å²) in [6.07, 6.45) is 4.25. The quantitative estimate of drug-likeness (QED) is 0.780. The minimum absolute atomic E-state index is 0.159. The van der Waals surface area contributed by atoms with Gasteiger partial charge in [-0.15, -0.1) is 0 Å². The third kappa shape index (κ3) is 5.24. The van der Waals surface area contributed by atoms with Crippen molar-refractivity contribution in [1.29, 1.82) is 0 Å². The Morgan fingerprint density at radius 1 is 1.04 bits per heavy atom. The number of piperidine rings is 2. The van der Waals surface area contributed by atoms with Crippen molar-refractivity contribution in [3.8, 4) is 0 Å². The molecule has 0 aromatic heterocycles. The molecule has 146 valence electrons. The topological polar surface area (TPSA) is 40.6 Å². The normalized spacial score (nSPS) is 24.0. The molecule has 26 heavy (non-hydrogen) atoms. The van der Waals surface area contributed by atoms with Gasteiger partial charge < -0.3 is 4.90 Å². The van der Waals surface area contributed by atoms with Gasteiger partial charge in [-0.2, -0.15) is 0 Å². The van der Waals surface area contributed by atoms with Gasteiger partial charge in [0.2, 0.25) is 10.0 Å².